The lowest BCUT2D eigenvalue weighted by molar-refractivity contribution is -0.0511. The molecular formula is C19H19F2N7O5. The Morgan fingerprint density at radius 1 is 1.09 bits per heavy atom. The predicted octanol–water partition coefficient (Wildman–Crippen LogP) is 2.34. The first kappa shape index (κ1) is 23.3. The number of ether oxygens (including phenoxy) is 3. The van der Waals surface area contributed by atoms with Crippen molar-refractivity contribution in [1.29, 1.82) is 0 Å². The van der Waals surface area contributed by atoms with Gasteiger partial charge in [-0.1, -0.05) is 0 Å². The largest absolute Gasteiger partial charge is 0.493 e. The highest BCUT2D eigenvalue weighted by atomic mass is 19.3. The number of benzene rings is 1. The van der Waals surface area contributed by atoms with E-state index in [4.69, 9.17) is 9.47 Å². The SMILES string of the molecule is COC(=O)c1cc(OC)c(OC(F)F)cc1NC(=O)NC(C)c1ncnn1-c1ncccn1. The standard InChI is InChI=1S/C19H19F2N7O5/c1-10(15-24-9-25-28(15)18-22-5-4-6-23-18)26-19(30)27-12-8-14(33-17(20)21)13(31-2)7-11(12)16(29)32-3/h4-10,17H,1-3H3,(H2,26,27,30). The number of aromatic nitrogens is 5. The maximum atomic E-state index is 12.8. The topological polar surface area (TPSA) is 142 Å². The van der Waals surface area contributed by atoms with E-state index in [1.54, 1.807) is 13.0 Å². The van der Waals surface area contributed by atoms with Crippen molar-refractivity contribution in [1.82, 2.24) is 30.0 Å². The second-order valence-electron chi connectivity index (χ2n) is 6.32. The summed E-state index contributed by atoms with van der Waals surface area (Å²) in [5.74, 6) is -0.798. The number of esters is 1. The third-order valence-corrected chi connectivity index (χ3v) is 4.22. The van der Waals surface area contributed by atoms with Gasteiger partial charge in [-0.3, -0.25) is 0 Å². The summed E-state index contributed by atoms with van der Waals surface area (Å²) in [5, 5.41) is 9.09. The Labute approximate surface area is 185 Å². The van der Waals surface area contributed by atoms with Crippen LogP contribution < -0.4 is 20.1 Å². The molecule has 3 rings (SSSR count). The van der Waals surface area contributed by atoms with Gasteiger partial charge in [0.2, 0.25) is 0 Å². The number of nitrogens with zero attached hydrogens (tertiary/aromatic N) is 5. The van der Waals surface area contributed by atoms with Gasteiger partial charge in [0, 0.05) is 24.5 Å². The summed E-state index contributed by atoms with van der Waals surface area (Å²) >= 11 is 0. The van der Waals surface area contributed by atoms with Crippen molar-refractivity contribution in [2.75, 3.05) is 19.5 Å². The van der Waals surface area contributed by atoms with E-state index < -0.39 is 24.7 Å². The van der Waals surface area contributed by atoms with Crippen molar-refractivity contribution in [3.05, 3.63) is 48.3 Å². The molecule has 2 heterocycles. The number of hydrogen-bond donors (Lipinski definition) is 2. The minimum Gasteiger partial charge on any atom is -0.493 e. The van der Waals surface area contributed by atoms with Gasteiger partial charge in [-0.15, -0.1) is 0 Å². The first-order valence-corrected chi connectivity index (χ1v) is 9.34. The predicted molar refractivity (Wildman–Crippen MR) is 108 cm³/mol. The number of hydrogen-bond acceptors (Lipinski definition) is 9. The molecule has 0 bridgehead atoms. The van der Waals surface area contributed by atoms with E-state index in [1.807, 2.05) is 0 Å². The molecule has 0 spiro atoms. The number of urea groups is 1. The molecule has 1 aromatic carbocycles. The molecule has 0 aliphatic rings. The van der Waals surface area contributed by atoms with Gasteiger partial charge in [0.05, 0.1) is 31.5 Å². The van der Waals surface area contributed by atoms with Crippen LogP contribution in [0.25, 0.3) is 5.95 Å². The number of methoxy groups -OCH3 is 2. The third kappa shape index (κ3) is 5.47. The van der Waals surface area contributed by atoms with Crippen LogP contribution in [-0.4, -0.2) is 57.6 Å². The Morgan fingerprint density at radius 2 is 1.82 bits per heavy atom. The molecule has 33 heavy (non-hydrogen) atoms. The molecular weight excluding hydrogens is 444 g/mol. The Hall–Kier alpha value is -4.36. The smallest absolute Gasteiger partial charge is 0.387 e. The number of nitrogens with one attached hydrogen (secondary N) is 2. The molecule has 12 nitrogen and oxygen atoms in total. The van der Waals surface area contributed by atoms with E-state index >= 15 is 0 Å². The maximum Gasteiger partial charge on any atom is 0.387 e. The number of halogens is 2. The number of carbonyl (C=O) groups excluding carboxylic acids is 2. The summed E-state index contributed by atoms with van der Waals surface area (Å²) in [6, 6.07) is 2.32. The van der Waals surface area contributed by atoms with Crippen LogP contribution >= 0.6 is 0 Å². The summed E-state index contributed by atoms with van der Waals surface area (Å²) in [5.41, 5.74) is -0.282. The summed E-state index contributed by atoms with van der Waals surface area (Å²) in [7, 11) is 2.34. The van der Waals surface area contributed by atoms with Crippen molar-refractivity contribution >= 4 is 17.7 Å². The number of amides is 2. The summed E-state index contributed by atoms with van der Waals surface area (Å²) in [6.45, 7) is -1.53. The van der Waals surface area contributed by atoms with Crippen LogP contribution in [0.5, 0.6) is 11.5 Å². The molecule has 0 aliphatic heterocycles. The lowest BCUT2D eigenvalue weighted by Gasteiger charge is -2.17. The number of alkyl halides is 2. The van der Waals surface area contributed by atoms with Gasteiger partial charge in [0.1, 0.15) is 6.33 Å². The van der Waals surface area contributed by atoms with Gasteiger partial charge in [-0.05, 0) is 13.0 Å². The fraction of sp³-hybridized carbons (Fsp3) is 0.263. The van der Waals surface area contributed by atoms with Gasteiger partial charge in [-0.25, -0.2) is 24.5 Å². The first-order valence-electron chi connectivity index (χ1n) is 9.34. The highest BCUT2D eigenvalue weighted by Gasteiger charge is 2.23. The molecule has 0 aliphatic carbocycles. The Bertz CT molecular complexity index is 1130. The van der Waals surface area contributed by atoms with Gasteiger partial charge < -0.3 is 24.8 Å². The van der Waals surface area contributed by atoms with Gasteiger partial charge in [-0.2, -0.15) is 18.6 Å². The molecule has 2 amide bonds. The molecule has 14 heteroatoms. The van der Waals surface area contributed by atoms with E-state index in [0.717, 1.165) is 19.2 Å². The lowest BCUT2D eigenvalue weighted by Crippen LogP contribution is -2.33. The van der Waals surface area contributed by atoms with Crippen LogP contribution in [0.4, 0.5) is 19.3 Å². The second-order valence-corrected chi connectivity index (χ2v) is 6.32. The van der Waals surface area contributed by atoms with Crippen LogP contribution in [0.3, 0.4) is 0 Å². The monoisotopic (exact) mass is 463 g/mol. The molecule has 174 valence electrons. The van der Waals surface area contributed by atoms with Crippen molar-refractivity contribution in [3.8, 4) is 17.4 Å². The average molecular weight is 463 g/mol. The zero-order valence-electron chi connectivity index (χ0n) is 17.7. The highest BCUT2D eigenvalue weighted by Crippen LogP contribution is 2.35. The van der Waals surface area contributed by atoms with Crippen molar-refractivity contribution < 1.29 is 32.6 Å². The summed E-state index contributed by atoms with van der Waals surface area (Å²) in [6.07, 6.45) is 4.32. The van der Waals surface area contributed by atoms with Gasteiger partial charge in [0.25, 0.3) is 5.95 Å². The van der Waals surface area contributed by atoms with E-state index in [0.29, 0.717) is 5.82 Å². The van der Waals surface area contributed by atoms with Gasteiger partial charge in [0.15, 0.2) is 17.3 Å². The van der Waals surface area contributed by atoms with Crippen LogP contribution in [-0.2, 0) is 4.74 Å². The van der Waals surface area contributed by atoms with Crippen LogP contribution in [0.15, 0.2) is 36.9 Å². The Morgan fingerprint density at radius 3 is 2.45 bits per heavy atom. The summed E-state index contributed by atoms with van der Waals surface area (Å²) in [4.78, 5) is 37.1. The fourth-order valence-corrected chi connectivity index (χ4v) is 2.81. The fourth-order valence-electron chi connectivity index (χ4n) is 2.81. The molecule has 0 saturated heterocycles. The number of carbonyl (C=O) groups is 2. The number of anilines is 1. The van der Waals surface area contributed by atoms with E-state index in [-0.39, 0.29) is 28.7 Å². The normalized spacial score (nSPS) is 11.6. The molecule has 1 atom stereocenters. The van der Waals surface area contributed by atoms with Crippen molar-refractivity contribution in [2.45, 2.75) is 19.6 Å². The Balaban J connectivity index is 1.84. The number of rotatable bonds is 8. The van der Waals surface area contributed by atoms with E-state index in [1.165, 1.54) is 30.5 Å². The quantitative estimate of drug-likeness (QED) is 0.481. The third-order valence-electron chi connectivity index (χ3n) is 4.22. The highest BCUT2D eigenvalue weighted by molar-refractivity contribution is 6.01. The molecule has 0 radical (unpaired) electrons. The second kappa shape index (κ2) is 10.3. The molecule has 1 unspecified atom stereocenters. The molecule has 0 saturated carbocycles. The maximum absolute atomic E-state index is 12.8. The van der Waals surface area contributed by atoms with Crippen LogP contribution in [0.2, 0.25) is 0 Å². The summed E-state index contributed by atoms with van der Waals surface area (Å²) < 4.78 is 41.0. The average Bonchev–Trinajstić information content (AvgIpc) is 3.29. The van der Waals surface area contributed by atoms with Crippen molar-refractivity contribution in [3.63, 3.8) is 0 Å². The molecule has 0 fully saturated rings. The minimum absolute atomic E-state index is 0.139. The Kier molecular flexibility index (Phi) is 7.27. The zero-order valence-corrected chi connectivity index (χ0v) is 17.7. The van der Waals surface area contributed by atoms with Gasteiger partial charge >= 0.3 is 18.6 Å². The van der Waals surface area contributed by atoms with E-state index in [2.05, 4.69) is 35.4 Å². The molecule has 2 N–H and O–H groups in total. The van der Waals surface area contributed by atoms with Crippen LogP contribution in [0, 0.1) is 0 Å². The minimum atomic E-state index is -3.16. The molecule has 2 aromatic heterocycles. The molecule has 3 aromatic rings. The van der Waals surface area contributed by atoms with Crippen molar-refractivity contribution in [2.24, 2.45) is 0 Å². The van der Waals surface area contributed by atoms with E-state index in [9.17, 15) is 18.4 Å². The zero-order chi connectivity index (χ0) is 24.0. The lowest BCUT2D eigenvalue weighted by atomic mass is 10.1. The first-order chi connectivity index (χ1) is 15.8. The van der Waals surface area contributed by atoms with Crippen LogP contribution in [0.1, 0.15) is 29.1 Å².